The highest BCUT2D eigenvalue weighted by Gasteiger charge is 2.30. The van der Waals surface area contributed by atoms with Crippen molar-refractivity contribution in [2.24, 2.45) is 0 Å². The van der Waals surface area contributed by atoms with Crippen molar-refractivity contribution in [1.82, 2.24) is 9.80 Å². The van der Waals surface area contributed by atoms with Crippen LogP contribution in [0.15, 0.2) is 78.7 Å². The molecule has 0 atom stereocenters. The first-order chi connectivity index (χ1) is 16.7. The second-order valence-electron chi connectivity index (χ2n) is 7.63. The maximum atomic E-state index is 13.3. The number of carbonyl (C=O) groups excluding carboxylic acids is 2. The molecule has 1 aromatic heterocycles. The molecule has 1 N–H and O–H groups in total. The van der Waals surface area contributed by atoms with E-state index in [1.807, 2.05) is 17.5 Å². The minimum atomic E-state index is -4.56. The number of carbonyl (C=O) groups is 2. The normalized spacial score (nSPS) is 11.1. The number of amides is 3. The van der Waals surface area contributed by atoms with Gasteiger partial charge in [0.1, 0.15) is 12.4 Å². The van der Waals surface area contributed by atoms with Crippen molar-refractivity contribution in [3.05, 3.63) is 101 Å². The number of hydrogen-bond acceptors (Lipinski definition) is 3. The molecule has 0 unspecified atom stereocenters. The van der Waals surface area contributed by atoms with Crippen molar-refractivity contribution >= 4 is 29.0 Å². The van der Waals surface area contributed by atoms with Gasteiger partial charge in [0, 0.05) is 23.7 Å². The third-order valence-electron chi connectivity index (χ3n) is 4.97. The molecule has 10 heteroatoms. The second-order valence-corrected chi connectivity index (χ2v) is 8.67. The molecule has 184 valence electrons. The fraction of sp³-hybridized carbons (Fsp3) is 0.200. The molecule has 0 saturated heterocycles. The highest BCUT2D eigenvalue weighted by Crippen LogP contribution is 2.30. The van der Waals surface area contributed by atoms with E-state index >= 15 is 0 Å². The van der Waals surface area contributed by atoms with E-state index in [0.29, 0.717) is 5.56 Å². The number of nitrogens with zero attached hydrogens (tertiary/aromatic N) is 2. The maximum absolute atomic E-state index is 13.3. The minimum Gasteiger partial charge on any atom is -0.332 e. The monoisotopic (exact) mass is 505 g/mol. The van der Waals surface area contributed by atoms with Gasteiger partial charge in [-0.25, -0.2) is 9.18 Å². The largest absolute Gasteiger partial charge is 0.416 e. The van der Waals surface area contributed by atoms with Gasteiger partial charge in [-0.3, -0.25) is 4.79 Å². The molecule has 0 fully saturated rings. The fourth-order valence-electron chi connectivity index (χ4n) is 3.25. The molecule has 3 rings (SSSR count). The molecule has 35 heavy (non-hydrogen) atoms. The van der Waals surface area contributed by atoms with Crippen LogP contribution in [0, 0.1) is 5.82 Å². The molecule has 0 spiro atoms. The third kappa shape index (κ3) is 7.68. The molecular weight excluding hydrogens is 482 g/mol. The Labute approximate surface area is 204 Å². The molecule has 1 heterocycles. The Balaban J connectivity index is 1.75. The fourth-order valence-corrected chi connectivity index (χ4v) is 3.97. The lowest BCUT2D eigenvalue weighted by Gasteiger charge is -2.27. The zero-order valence-electron chi connectivity index (χ0n) is 18.6. The van der Waals surface area contributed by atoms with E-state index in [-0.39, 0.29) is 37.8 Å². The first-order valence-corrected chi connectivity index (χ1v) is 11.4. The van der Waals surface area contributed by atoms with Gasteiger partial charge in [-0.15, -0.1) is 17.9 Å². The van der Waals surface area contributed by atoms with E-state index in [4.69, 9.17) is 0 Å². The molecule has 0 bridgehead atoms. The summed E-state index contributed by atoms with van der Waals surface area (Å²) in [5.74, 6) is -0.780. The van der Waals surface area contributed by atoms with Crippen LogP contribution in [-0.4, -0.2) is 34.8 Å². The summed E-state index contributed by atoms with van der Waals surface area (Å²) in [7, 11) is 0. The summed E-state index contributed by atoms with van der Waals surface area (Å²) in [5.41, 5.74) is -0.240. The van der Waals surface area contributed by atoms with E-state index in [1.54, 1.807) is 12.1 Å². The predicted octanol–water partition coefficient (Wildman–Crippen LogP) is 6.15. The van der Waals surface area contributed by atoms with Gasteiger partial charge in [0.25, 0.3) is 0 Å². The molecule has 0 radical (unpaired) electrons. The molecule has 2 aromatic carbocycles. The van der Waals surface area contributed by atoms with Crippen LogP contribution in [0.1, 0.15) is 16.0 Å². The zero-order chi connectivity index (χ0) is 25.4. The third-order valence-corrected chi connectivity index (χ3v) is 5.83. The standard InChI is InChI=1S/C25H23F4N3O2S/c1-2-12-31(24(34)30-21-6-3-5-19(14-21)25(27,28)29)17-23(33)32(16-22-7-4-13-35-22)15-18-8-10-20(26)11-9-18/h2-11,13-14H,1,12,15-17H2,(H,30,34). The Hall–Kier alpha value is -3.66. The maximum Gasteiger partial charge on any atom is 0.416 e. The van der Waals surface area contributed by atoms with Crippen LogP contribution in [0.5, 0.6) is 0 Å². The van der Waals surface area contributed by atoms with E-state index in [1.165, 1.54) is 46.6 Å². The van der Waals surface area contributed by atoms with Crippen LogP contribution >= 0.6 is 11.3 Å². The number of hydrogen-bond donors (Lipinski definition) is 1. The van der Waals surface area contributed by atoms with Crippen LogP contribution in [0.2, 0.25) is 0 Å². The van der Waals surface area contributed by atoms with E-state index in [2.05, 4.69) is 11.9 Å². The van der Waals surface area contributed by atoms with Gasteiger partial charge >= 0.3 is 12.2 Å². The van der Waals surface area contributed by atoms with Gasteiger partial charge in [0.15, 0.2) is 0 Å². The van der Waals surface area contributed by atoms with Gasteiger partial charge in [-0.1, -0.05) is 30.3 Å². The molecule has 0 aliphatic rings. The number of rotatable bonds is 9. The van der Waals surface area contributed by atoms with Crippen molar-refractivity contribution < 1.29 is 27.2 Å². The van der Waals surface area contributed by atoms with Crippen LogP contribution in [0.4, 0.5) is 28.0 Å². The molecule has 0 aliphatic heterocycles. The van der Waals surface area contributed by atoms with E-state index < -0.39 is 23.6 Å². The summed E-state index contributed by atoms with van der Waals surface area (Å²) >= 11 is 1.47. The summed E-state index contributed by atoms with van der Waals surface area (Å²) < 4.78 is 52.3. The van der Waals surface area contributed by atoms with Gasteiger partial charge < -0.3 is 15.1 Å². The van der Waals surface area contributed by atoms with Crippen LogP contribution < -0.4 is 5.32 Å². The number of halogens is 4. The zero-order valence-corrected chi connectivity index (χ0v) is 19.4. The Bertz CT molecular complexity index is 1150. The van der Waals surface area contributed by atoms with Gasteiger partial charge in [-0.2, -0.15) is 13.2 Å². The summed E-state index contributed by atoms with van der Waals surface area (Å²) in [5, 5.41) is 4.29. The average molecular weight is 506 g/mol. The topological polar surface area (TPSA) is 52.7 Å². The number of benzene rings is 2. The van der Waals surface area contributed by atoms with Gasteiger partial charge in [-0.05, 0) is 47.3 Å². The van der Waals surface area contributed by atoms with Crippen LogP contribution in [0.3, 0.4) is 0 Å². The SMILES string of the molecule is C=CCN(CC(=O)N(Cc1ccc(F)cc1)Cc1cccs1)C(=O)Nc1cccc(C(F)(F)F)c1. The summed E-state index contributed by atoms with van der Waals surface area (Å²) in [4.78, 5) is 29.6. The lowest BCUT2D eigenvalue weighted by Crippen LogP contribution is -2.44. The van der Waals surface area contributed by atoms with Crippen molar-refractivity contribution in [3.63, 3.8) is 0 Å². The highest BCUT2D eigenvalue weighted by molar-refractivity contribution is 7.09. The van der Waals surface area contributed by atoms with Gasteiger partial charge in [0.2, 0.25) is 5.91 Å². The molecule has 3 amide bonds. The Kier molecular flexibility index (Phi) is 8.64. The first kappa shape index (κ1) is 26.0. The summed E-state index contributed by atoms with van der Waals surface area (Å²) in [6, 6.07) is 13.0. The van der Waals surface area contributed by atoms with Gasteiger partial charge in [0.05, 0.1) is 12.1 Å². The number of anilines is 1. The smallest absolute Gasteiger partial charge is 0.332 e. The number of alkyl halides is 3. The summed E-state index contributed by atoms with van der Waals surface area (Å²) in [6.45, 7) is 3.74. The minimum absolute atomic E-state index is 0.0000743. The number of thiophene rings is 1. The number of nitrogens with one attached hydrogen (secondary N) is 1. The van der Waals surface area contributed by atoms with Crippen LogP contribution in [0.25, 0.3) is 0 Å². The van der Waals surface area contributed by atoms with E-state index in [0.717, 1.165) is 21.9 Å². The molecular formula is C25H23F4N3O2S. The van der Waals surface area contributed by atoms with Crippen molar-refractivity contribution in [2.75, 3.05) is 18.4 Å². The summed E-state index contributed by atoms with van der Waals surface area (Å²) in [6.07, 6.45) is -3.14. The highest BCUT2D eigenvalue weighted by atomic mass is 32.1. The lowest BCUT2D eigenvalue weighted by molar-refractivity contribution is -0.137. The van der Waals surface area contributed by atoms with Crippen molar-refractivity contribution in [3.8, 4) is 0 Å². The average Bonchev–Trinajstić information content (AvgIpc) is 3.32. The molecule has 0 saturated carbocycles. The molecule has 3 aromatic rings. The lowest BCUT2D eigenvalue weighted by atomic mass is 10.2. The van der Waals surface area contributed by atoms with Crippen molar-refractivity contribution in [1.29, 1.82) is 0 Å². The number of urea groups is 1. The Morgan fingerprint density at radius 3 is 2.37 bits per heavy atom. The second kappa shape index (κ2) is 11.7. The quantitative estimate of drug-likeness (QED) is 0.280. The first-order valence-electron chi connectivity index (χ1n) is 10.5. The van der Waals surface area contributed by atoms with Crippen molar-refractivity contribution in [2.45, 2.75) is 19.3 Å². The Morgan fingerprint density at radius 2 is 1.74 bits per heavy atom. The molecule has 5 nitrogen and oxygen atoms in total. The predicted molar refractivity (Wildman–Crippen MR) is 127 cm³/mol. The Morgan fingerprint density at radius 1 is 1.00 bits per heavy atom. The van der Waals surface area contributed by atoms with E-state index in [9.17, 15) is 27.2 Å². The molecule has 0 aliphatic carbocycles. The van der Waals surface area contributed by atoms with Crippen LogP contribution in [-0.2, 0) is 24.1 Å².